The summed E-state index contributed by atoms with van der Waals surface area (Å²) in [6.07, 6.45) is 0.541. The zero-order valence-electron chi connectivity index (χ0n) is 19.7. The van der Waals surface area contributed by atoms with E-state index in [4.69, 9.17) is 17.2 Å². The Morgan fingerprint density at radius 3 is 1.94 bits per heavy atom. The van der Waals surface area contributed by atoms with Crippen molar-refractivity contribution in [3.8, 4) is 5.75 Å². The summed E-state index contributed by atoms with van der Waals surface area (Å²) in [6, 6.07) is 0.340. The lowest BCUT2D eigenvalue weighted by molar-refractivity contribution is -0.142. The van der Waals surface area contributed by atoms with Crippen molar-refractivity contribution in [2.45, 2.75) is 56.3 Å². The maximum atomic E-state index is 13.0. The molecule has 0 aliphatic carbocycles. The summed E-state index contributed by atoms with van der Waals surface area (Å²) in [4.78, 5) is 60.4. The first-order valence-electron chi connectivity index (χ1n) is 11.2. The third kappa shape index (κ3) is 10.7. The van der Waals surface area contributed by atoms with Gasteiger partial charge in [-0.1, -0.05) is 12.1 Å². The second kappa shape index (κ2) is 15.3. The molecule has 14 heteroatoms. The summed E-state index contributed by atoms with van der Waals surface area (Å²) in [6.45, 7) is -0.498. The van der Waals surface area contributed by atoms with Crippen LogP contribution >= 0.6 is 0 Å². The van der Waals surface area contributed by atoms with E-state index in [1.807, 2.05) is 0 Å². The third-order valence-corrected chi connectivity index (χ3v) is 5.14. The number of aliphatic hydroxyl groups excluding tert-OH is 1. The van der Waals surface area contributed by atoms with Crippen molar-refractivity contribution in [2.24, 2.45) is 17.2 Å². The molecule has 0 saturated heterocycles. The number of unbranched alkanes of at least 4 members (excludes halogenated alkanes) is 1. The first kappa shape index (κ1) is 30.3. The number of carboxylic acid groups (broad SMARTS) is 1. The van der Waals surface area contributed by atoms with E-state index in [-0.39, 0.29) is 18.6 Å². The standard InChI is InChI=1S/C22H34N6O8/c23-8-2-1-3-15(22(35)36)26-20(33)16(9-12-4-6-13(30)7-5-12)27-21(34)17(11-29)28-19(32)14(24)10-18(25)31/h4-7,14-17,29-30H,1-3,8-11,23-24H2,(H2,25,31)(H,26,33)(H,27,34)(H,28,32)(H,35,36). The predicted molar refractivity (Wildman–Crippen MR) is 127 cm³/mol. The Kier molecular flexibility index (Phi) is 12.9. The number of hydrogen-bond donors (Lipinski definition) is 9. The molecule has 0 radical (unpaired) electrons. The van der Waals surface area contributed by atoms with Crippen LogP contribution in [0.2, 0.25) is 0 Å². The molecule has 0 spiro atoms. The average Bonchev–Trinajstić information content (AvgIpc) is 2.81. The smallest absolute Gasteiger partial charge is 0.326 e. The molecule has 12 N–H and O–H groups in total. The van der Waals surface area contributed by atoms with Gasteiger partial charge in [-0.15, -0.1) is 0 Å². The molecule has 4 amide bonds. The lowest BCUT2D eigenvalue weighted by atomic mass is 10.0. The van der Waals surface area contributed by atoms with Gasteiger partial charge in [0.15, 0.2) is 0 Å². The zero-order valence-corrected chi connectivity index (χ0v) is 19.7. The third-order valence-electron chi connectivity index (χ3n) is 5.14. The average molecular weight is 511 g/mol. The molecular weight excluding hydrogens is 476 g/mol. The van der Waals surface area contributed by atoms with Gasteiger partial charge in [0.05, 0.1) is 19.1 Å². The topological polar surface area (TPSA) is 260 Å². The van der Waals surface area contributed by atoms with Gasteiger partial charge in [0.2, 0.25) is 23.6 Å². The normalized spacial score (nSPS) is 14.1. The summed E-state index contributed by atoms with van der Waals surface area (Å²) in [5.41, 5.74) is 16.5. The molecule has 1 aromatic carbocycles. The number of carbonyl (C=O) groups is 5. The summed E-state index contributed by atoms with van der Waals surface area (Å²) >= 11 is 0. The molecule has 36 heavy (non-hydrogen) atoms. The monoisotopic (exact) mass is 510 g/mol. The molecule has 14 nitrogen and oxygen atoms in total. The van der Waals surface area contributed by atoms with Crippen LogP contribution in [-0.4, -0.2) is 82.2 Å². The number of aliphatic hydroxyl groups is 1. The van der Waals surface area contributed by atoms with Crippen molar-refractivity contribution in [2.75, 3.05) is 13.2 Å². The van der Waals surface area contributed by atoms with Gasteiger partial charge >= 0.3 is 5.97 Å². The number of amides is 4. The summed E-state index contributed by atoms with van der Waals surface area (Å²) < 4.78 is 0. The Morgan fingerprint density at radius 2 is 1.42 bits per heavy atom. The number of nitrogens with two attached hydrogens (primary N) is 3. The van der Waals surface area contributed by atoms with Gasteiger partial charge in [0.1, 0.15) is 23.9 Å². The lowest BCUT2D eigenvalue weighted by Gasteiger charge is -2.24. The number of carbonyl (C=O) groups excluding carboxylic acids is 4. The molecule has 4 atom stereocenters. The second-order valence-electron chi connectivity index (χ2n) is 8.14. The summed E-state index contributed by atoms with van der Waals surface area (Å²) in [7, 11) is 0. The van der Waals surface area contributed by atoms with Crippen LogP contribution < -0.4 is 33.2 Å². The van der Waals surface area contributed by atoms with Crippen molar-refractivity contribution < 1.29 is 39.3 Å². The fourth-order valence-corrected chi connectivity index (χ4v) is 3.15. The fraction of sp³-hybridized carbons (Fsp3) is 0.500. The Balaban J connectivity index is 3.03. The van der Waals surface area contributed by atoms with Crippen LogP contribution in [0.5, 0.6) is 5.75 Å². The number of nitrogens with one attached hydrogen (secondary N) is 3. The van der Waals surface area contributed by atoms with E-state index >= 15 is 0 Å². The Bertz CT molecular complexity index is 910. The number of aromatic hydroxyl groups is 1. The van der Waals surface area contributed by atoms with E-state index in [1.165, 1.54) is 24.3 Å². The highest BCUT2D eigenvalue weighted by molar-refractivity contribution is 5.95. The van der Waals surface area contributed by atoms with E-state index in [0.717, 1.165) is 0 Å². The number of benzene rings is 1. The predicted octanol–water partition coefficient (Wildman–Crippen LogP) is -3.20. The SMILES string of the molecule is NCCCCC(NC(=O)C(Cc1ccc(O)cc1)NC(=O)C(CO)NC(=O)C(N)CC(N)=O)C(=O)O. The minimum Gasteiger partial charge on any atom is -0.508 e. The van der Waals surface area contributed by atoms with Crippen LogP contribution in [0, 0.1) is 0 Å². The van der Waals surface area contributed by atoms with Crippen molar-refractivity contribution in [3.05, 3.63) is 29.8 Å². The van der Waals surface area contributed by atoms with Crippen molar-refractivity contribution >= 4 is 29.6 Å². The summed E-state index contributed by atoms with van der Waals surface area (Å²) in [5.74, 6) is -4.82. The highest BCUT2D eigenvalue weighted by atomic mass is 16.4. The first-order chi connectivity index (χ1) is 17.0. The molecule has 0 aromatic heterocycles. The molecule has 1 rings (SSSR count). The number of carboxylic acids is 1. The van der Waals surface area contributed by atoms with Crippen LogP contribution in [0.1, 0.15) is 31.2 Å². The fourth-order valence-electron chi connectivity index (χ4n) is 3.15. The number of hydrogen-bond acceptors (Lipinski definition) is 9. The van der Waals surface area contributed by atoms with Gasteiger partial charge in [0.25, 0.3) is 0 Å². The van der Waals surface area contributed by atoms with Crippen LogP contribution in [-0.2, 0) is 30.4 Å². The zero-order chi connectivity index (χ0) is 27.3. The lowest BCUT2D eigenvalue weighted by Crippen LogP contribution is -2.58. The van der Waals surface area contributed by atoms with Gasteiger partial charge in [-0.2, -0.15) is 0 Å². The van der Waals surface area contributed by atoms with Gasteiger partial charge in [0, 0.05) is 6.42 Å². The molecular formula is C22H34N6O8. The van der Waals surface area contributed by atoms with Crippen LogP contribution in [0.25, 0.3) is 0 Å². The highest BCUT2D eigenvalue weighted by Gasteiger charge is 2.30. The number of aliphatic carboxylic acids is 1. The van der Waals surface area contributed by atoms with Crippen LogP contribution in [0.15, 0.2) is 24.3 Å². The largest absolute Gasteiger partial charge is 0.508 e. The summed E-state index contributed by atoms with van der Waals surface area (Å²) in [5, 5.41) is 35.5. The van der Waals surface area contributed by atoms with Crippen LogP contribution in [0.4, 0.5) is 0 Å². The number of primary amides is 1. The van der Waals surface area contributed by atoms with E-state index in [2.05, 4.69) is 16.0 Å². The maximum Gasteiger partial charge on any atom is 0.326 e. The van der Waals surface area contributed by atoms with Gasteiger partial charge in [-0.25, -0.2) is 4.79 Å². The van der Waals surface area contributed by atoms with E-state index in [9.17, 15) is 39.3 Å². The van der Waals surface area contributed by atoms with Crippen molar-refractivity contribution in [3.63, 3.8) is 0 Å². The molecule has 0 fully saturated rings. The minimum absolute atomic E-state index is 0.0232. The Morgan fingerprint density at radius 1 is 0.861 bits per heavy atom. The van der Waals surface area contributed by atoms with Gasteiger partial charge in [-0.3, -0.25) is 19.2 Å². The molecule has 0 saturated carbocycles. The quantitative estimate of drug-likeness (QED) is 0.101. The molecule has 0 aliphatic rings. The highest BCUT2D eigenvalue weighted by Crippen LogP contribution is 2.12. The number of rotatable bonds is 16. The molecule has 1 aromatic rings. The van der Waals surface area contributed by atoms with Crippen molar-refractivity contribution in [1.82, 2.24) is 16.0 Å². The molecule has 4 unspecified atom stereocenters. The number of phenols is 1. The molecule has 0 aliphatic heterocycles. The maximum absolute atomic E-state index is 13.0. The molecule has 200 valence electrons. The Hall–Kier alpha value is -3.75. The van der Waals surface area contributed by atoms with E-state index in [1.54, 1.807) is 0 Å². The molecule has 0 heterocycles. The number of phenolic OH excluding ortho intramolecular Hbond substituents is 1. The second-order valence-corrected chi connectivity index (χ2v) is 8.14. The first-order valence-corrected chi connectivity index (χ1v) is 11.2. The van der Waals surface area contributed by atoms with Crippen LogP contribution in [0.3, 0.4) is 0 Å². The molecule has 0 bridgehead atoms. The van der Waals surface area contributed by atoms with E-state index in [0.29, 0.717) is 24.9 Å². The van der Waals surface area contributed by atoms with Gasteiger partial charge < -0.3 is 48.5 Å². The minimum atomic E-state index is -1.52. The Labute approximate surface area is 207 Å². The van der Waals surface area contributed by atoms with Gasteiger partial charge in [-0.05, 0) is 43.5 Å². The van der Waals surface area contributed by atoms with Crippen molar-refractivity contribution in [1.29, 1.82) is 0 Å². The van der Waals surface area contributed by atoms with E-state index < -0.39 is 66.8 Å².